The molecule has 1 aliphatic heterocycles. The summed E-state index contributed by atoms with van der Waals surface area (Å²) in [6, 6.07) is 7.85. The van der Waals surface area contributed by atoms with E-state index in [9.17, 15) is 9.18 Å². The average Bonchev–Trinajstić information content (AvgIpc) is 3.32. The number of anilines is 1. The maximum Gasteiger partial charge on any atom is 0.466 e. The van der Waals surface area contributed by atoms with Crippen LogP contribution in [-0.2, 0) is 16.3 Å². The molecule has 1 atom stereocenters. The van der Waals surface area contributed by atoms with Crippen LogP contribution in [-0.4, -0.2) is 70.3 Å². The van der Waals surface area contributed by atoms with Crippen LogP contribution in [0.4, 0.5) is 14.9 Å². The van der Waals surface area contributed by atoms with E-state index in [0.717, 1.165) is 0 Å². The van der Waals surface area contributed by atoms with Crippen molar-refractivity contribution in [3.8, 4) is 22.6 Å². The Labute approximate surface area is 180 Å². The third-order valence-corrected chi connectivity index (χ3v) is 4.15. The second-order valence-corrected chi connectivity index (χ2v) is 7.54. The minimum absolute atomic E-state index is 0.176. The number of carbonyl (C=O) groups is 1. The lowest BCUT2D eigenvalue weighted by Gasteiger charge is -2.14. The van der Waals surface area contributed by atoms with E-state index >= 15 is 0 Å². The van der Waals surface area contributed by atoms with Crippen LogP contribution in [0.15, 0.2) is 36.5 Å². The van der Waals surface area contributed by atoms with Gasteiger partial charge in [0.1, 0.15) is 17.6 Å². The molecule has 15 heteroatoms. The Morgan fingerprint density at radius 1 is 1.25 bits per heavy atom. The summed E-state index contributed by atoms with van der Waals surface area (Å²) in [4.78, 5) is 40.3. The van der Waals surface area contributed by atoms with Crippen molar-refractivity contribution in [1.82, 2.24) is 25.2 Å². The lowest BCUT2D eigenvalue weighted by atomic mass is 10.1. The Kier molecular flexibility index (Phi) is 6.91. The van der Waals surface area contributed by atoms with Crippen molar-refractivity contribution >= 4 is 19.6 Å². The van der Waals surface area contributed by atoms with Crippen molar-refractivity contribution in [3.63, 3.8) is 0 Å². The molecule has 0 saturated carbocycles. The van der Waals surface area contributed by atoms with Crippen LogP contribution in [0, 0.1) is 5.82 Å². The number of halogens is 1. The van der Waals surface area contributed by atoms with Gasteiger partial charge in [-0.1, -0.05) is 6.07 Å². The first kappa shape index (κ1) is 23.4. The fourth-order valence-electron chi connectivity index (χ4n) is 2.81. The summed E-state index contributed by atoms with van der Waals surface area (Å²) in [6.45, 7) is -0.100. The number of aliphatic hydroxyl groups is 1. The smallest absolute Gasteiger partial charge is 0.441 e. The summed E-state index contributed by atoms with van der Waals surface area (Å²) >= 11 is 0. The number of hydrogen-bond acceptors (Lipinski definition) is 8. The molecule has 4 rings (SSSR count). The first-order chi connectivity index (χ1) is 15.0. The molecular weight excluding hydrogens is 450 g/mol. The number of amides is 1. The maximum absolute atomic E-state index is 14.6. The predicted molar refractivity (Wildman–Crippen MR) is 106 cm³/mol. The summed E-state index contributed by atoms with van der Waals surface area (Å²) in [5.41, 5.74) is 1.81. The molecule has 0 radical (unpaired) electrons. The van der Waals surface area contributed by atoms with E-state index in [4.69, 9.17) is 29.1 Å². The van der Waals surface area contributed by atoms with E-state index in [1.54, 1.807) is 31.3 Å². The zero-order chi connectivity index (χ0) is 23.5. The average molecular weight is 468 g/mol. The zero-order valence-corrected chi connectivity index (χ0v) is 17.4. The highest BCUT2D eigenvalue weighted by Gasteiger charge is 2.32. The van der Waals surface area contributed by atoms with Gasteiger partial charge < -0.3 is 24.5 Å². The number of hydrogen-bond donors (Lipinski definition) is 4. The van der Waals surface area contributed by atoms with Gasteiger partial charge in [0.05, 0.1) is 25.9 Å². The molecule has 170 valence electrons. The Morgan fingerprint density at radius 2 is 1.97 bits per heavy atom. The normalized spacial score (nSPS) is 15.9. The van der Waals surface area contributed by atoms with Crippen molar-refractivity contribution in [2.24, 2.45) is 7.05 Å². The summed E-state index contributed by atoms with van der Waals surface area (Å²) in [5, 5.41) is 20.8. The molecule has 1 aromatic carbocycles. The second kappa shape index (κ2) is 9.46. The van der Waals surface area contributed by atoms with Gasteiger partial charge in [-0.15, -0.1) is 10.2 Å². The molecular formula is C17H18FN6O7P. The van der Waals surface area contributed by atoms with Crippen molar-refractivity contribution in [3.05, 3.63) is 42.3 Å². The molecule has 0 unspecified atom stereocenters. The van der Waals surface area contributed by atoms with Crippen molar-refractivity contribution in [1.29, 1.82) is 0 Å². The number of rotatable bonds is 4. The number of ether oxygens (including phenoxy) is 1. The Hall–Kier alpha value is -3.29. The van der Waals surface area contributed by atoms with Gasteiger partial charge in [0.25, 0.3) is 0 Å². The third-order valence-electron chi connectivity index (χ3n) is 4.15. The highest BCUT2D eigenvalue weighted by atomic mass is 31.2. The van der Waals surface area contributed by atoms with E-state index in [1.807, 2.05) is 0 Å². The van der Waals surface area contributed by atoms with Gasteiger partial charge in [-0.2, -0.15) is 4.80 Å². The summed E-state index contributed by atoms with van der Waals surface area (Å²) in [7, 11) is -2.99. The number of nitrogens with zero attached hydrogens (tertiary/aromatic N) is 6. The van der Waals surface area contributed by atoms with Gasteiger partial charge in [0, 0.05) is 17.3 Å². The van der Waals surface area contributed by atoms with Crippen molar-refractivity contribution in [2.45, 2.75) is 6.10 Å². The summed E-state index contributed by atoms with van der Waals surface area (Å²) in [6.07, 6.45) is 0.311. The molecule has 13 nitrogen and oxygen atoms in total. The maximum atomic E-state index is 14.6. The van der Waals surface area contributed by atoms with Gasteiger partial charge in [-0.25, -0.2) is 13.8 Å². The molecule has 1 saturated heterocycles. The van der Waals surface area contributed by atoms with Crippen LogP contribution in [0.1, 0.15) is 0 Å². The Balaban J connectivity index is 0.000000523. The number of benzene rings is 1. The minimum Gasteiger partial charge on any atom is -0.441 e. The Morgan fingerprint density at radius 3 is 2.47 bits per heavy atom. The van der Waals surface area contributed by atoms with E-state index < -0.39 is 25.8 Å². The van der Waals surface area contributed by atoms with Gasteiger partial charge in [0.2, 0.25) is 5.82 Å². The largest absolute Gasteiger partial charge is 0.466 e. The molecule has 3 aromatic rings. The van der Waals surface area contributed by atoms with Crippen LogP contribution in [0.3, 0.4) is 0 Å². The van der Waals surface area contributed by atoms with Crippen LogP contribution < -0.4 is 4.90 Å². The fourth-order valence-corrected chi connectivity index (χ4v) is 2.81. The van der Waals surface area contributed by atoms with Crippen LogP contribution in [0.5, 0.6) is 0 Å². The molecule has 1 fully saturated rings. The van der Waals surface area contributed by atoms with Gasteiger partial charge >= 0.3 is 13.9 Å². The molecule has 4 N–H and O–H groups in total. The van der Waals surface area contributed by atoms with Crippen LogP contribution in [0.25, 0.3) is 22.6 Å². The number of carbonyl (C=O) groups excluding carboxylic acids is 1. The molecule has 32 heavy (non-hydrogen) atoms. The zero-order valence-electron chi connectivity index (χ0n) is 16.5. The molecule has 0 bridgehead atoms. The third kappa shape index (κ3) is 5.90. The fraction of sp³-hybridized carbons (Fsp3) is 0.235. The van der Waals surface area contributed by atoms with Crippen LogP contribution >= 0.6 is 7.82 Å². The number of aliphatic hydroxyl groups excluding tert-OH is 1. The Bertz CT molecular complexity index is 1140. The van der Waals surface area contributed by atoms with Gasteiger partial charge in [-0.05, 0) is 29.5 Å². The van der Waals surface area contributed by atoms with Crippen molar-refractivity contribution < 1.29 is 38.3 Å². The van der Waals surface area contributed by atoms with Crippen LogP contribution in [0.2, 0.25) is 0 Å². The molecule has 1 amide bonds. The number of tetrazole rings is 1. The minimum atomic E-state index is -4.64. The highest BCUT2D eigenvalue weighted by molar-refractivity contribution is 7.45. The number of pyridine rings is 1. The van der Waals surface area contributed by atoms with E-state index in [2.05, 4.69) is 20.4 Å². The molecule has 0 aliphatic carbocycles. The SMILES string of the molecule is Cn1nnc(-c2ccc(-c3ccc(N4C[C@H](CO)OC4=O)cc3F)cn2)n1.O=P(O)(O)O. The van der Waals surface area contributed by atoms with Gasteiger partial charge in [0.15, 0.2) is 0 Å². The number of aryl methyl sites for hydroxylation is 1. The number of cyclic esters (lactones) is 1. The van der Waals surface area contributed by atoms with E-state index in [-0.39, 0.29) is 13.2 Å². The second-order valence-electron chi connectivity index (χ2n) is 6.51. The monoisotopic (exact) mass is 468 g/mol. The lowest BCUT2D eigenvalue weighted by Crippen LogP contribution is -2.25. The summed E-state index contributed by atoms with van der Waals surface area (Å²) < 4.78 is 28.5. The standard InChI is InChI=1S/C17H15FN6O3.H3O4P/c1-23-21-16(20-22-23)15-5-2-10(7-19-15)13-4-3-11(6-14(13)18)24-8-12(9-25)27-17(24)26;1-5(2,3)4/h2-7,12,25H,8-9H2,1H3;(H3,1,2,3,4)/t12-;/m1./s1. The quantitative estimate of drug-likeness (QED) is 0.390. The topological polar surface area (TPSA) is 184 Å². The summed E-state index contributed by atoms with van der Waals surface area (Å²) in [5.74, 6) is -0.120. The molecule has 3 heterocycles. The van der Waals surface area contributed by atoms with E-state index in [0.29, 0.717) is 28.3 Å². The first-order valence-electron chi connectivity index (χ1n) is 8.93. The molecule has 2 aromatic heterocycles. The van der Waals surface area contributed by atoms with Crippen molar-refractivity contribution in [2.75, 3.05) is 18.1 Å². The first-order valence-corrected chi connectivity index (χ1v) is 10.5. The lowest BCUT2D eigenvalue weighted by molar-refractivity contribution is 0.0963. The van der Waals surface area contributed by atoms with Gasteiger partial charge in [-0.3, -0.25) is 9.88 Å². The number of phosphoric acid groups is 1. The highest BCUT2D eigenvalue weighted by Crippen LogP contribution is 2.29. The number of aromatic nitrogens is 5. The molecule has 0 spiro atoms. The molecule has 1 aliphatic rings. The van der Waals surface area contributed by atoms with E-state index in [1.165, 1.54) is 22.0 Å². The predicted octanol–water partition coefficient (Wildman–Crippen LogP) is 0.467.